The van der Waals surface area contributed by atoms with Crippen LogP contribution in [0.4, 0.5) is 0 Å². The number of hydrogen-bond acceptors (Lipinski definition) is 2. The van der Waals surface area contributed by atoms with Crippen LogP contribution in [0.25, 0.3) is 0 Å². The maximum atomic E-state index is 10.2. The van der Waals surface area contributed by atoms with Gasteiger partial charge in [0.15, 0.2) is 0 Å². The monoisotopic (exact) mass is 359 g/mol. The van der Waals surface area contributed by atoms with E-state index in [0.29, 0.717) is 16.7 Å². The van der Waals surface area contributed by atoms with Gasteiger partial charge in [-0.2, -0.15) is 0 Å². The van der Waals surface area contributed by atoms with Crippen molar-refractivity contribution in [3.05, 3.63) is 11.6 Å². The van der Waals surface area contributed by atoms with Crippen LogP contribution in [0, 0.1) is 34.5 Å². The second-order valence-corrected chi connectivity index (χ2v) is 11.1. The first-order valence-electron chi connectivity index (χ1n) is 11.4. The molecule has 0 saturated heterocycles. The van der Waals surface area contributed by atoms with Crippen molar-refractivity contribution in [2.24, 2.45) is 40.2 Å². The van der Waals surface area contributed by atoms with Crippen molar-refractivity contribution in [2.75, 3.05) is 0 Å². The van der Waals surface area contributed by atoms with Crippen molar-refractivity contribution in [2.45, 2.75) is 104 Å². The summed E-state index contributed by atoms with van der Waals surface area (Å²) in [5, 5.41) is 10.2. The first-order chi connectivity index (χ1) is 12.2. The fourth-order valence-corrected chi connectivity index (χ4v) is 8.44. The van der Waals surface area contributed by atoms with Crippen molar-refractivity contribution < 1.29 is 5.11 Å². The number of nitrogens with two attached hydrogens (primary N) is 1. The molecule has 2 heteroatoms. The van der Waals surface area contributed by atoms with Gasteiger partial charge >= 0.3 is 0 Å². The van der Waals surface area contributed by atoms with E-state index >= 15 is 0 Å². The molecule has 0 aromatic rings. The lowest BCUT2D eigenvalue weighted by atomic mass is 9.46. The van der Waals surface area contributed by atoms with Crippen LogP contribution in [0.1, 0.15) is 91.9 Å². The molecule has 148 valence electrons. The minimum absolute atomic E-state index is 0.000394. The van der Waals surface area contributed by atoms with E-state index in [-0.39, 0.29) is 11.6 Å². The van der Waals surface area contributed by atoms with Gasteiger partial charge in [0.25, 0.3) is 0 Å². The largest absolute Gasteiger partial charge is 0.393 e. The van der Waals surface area contributed by atoms with E-state index in [1.165, 1.54) is 44.9 Å². The third-order valence-electron chi connectivity index (χ3n) is 9.66. The summed E-state index contributed by atoms with van der Waals surface area (Å²) in [5.41, 5.74) is 9.29. The highest BCUT2D eigenvalue weighted by molar-refractivity contribution is 5.25. The predicted molar refractivity (Wildman–Crippen MR) is 109 cm³/mol. The van der Waals surface area contributed by atoms with Crippen molar-refractivity contribution in [1.29, 1.82) is 0 Å². The summed E-state index contributed by atoms with van der Waals surface area (Å²) in [7, 11) is 0. The molecule has 3 N–H and O–H groups in total. The lowest BCUT2D eigenvalue weighted by Crippen LogP contribution is -2.55. The Labute approximate surface area is 161 Å². The van der Waals surface area contributed by atoms with Gasteiger partial charge in [-0.05, 0) is 99.2 Å². The van der Waals surface area contributed by atoms with Gasteiger partial charge in [0.1, 0.15) is 0 Å². The van der Waals surface area contributed by atoms with Gasteiger partial charge < -0.3 is 10.8 Å². The molecule has 0 spiro atoms. The lowest BCUT2D eigenvalue weighted by Gasteiger charge is -2.59. The Kier molecular flexibility index (Phi) is 4.63. The van der Waals surface area contributed by atoms with Gasteiger partial charge in [0.05, 0.1) is 6.10 Å². The second-order valence-electron chi connectivity index (χ2n) is 11.1. The SMILES string of the molecule is CCC[C@](C)(N)[C@H]1CC[C@H]2[C@@H]3CC=C4C[C@@H](O)CC[C@]4(C)[C@H]3CC[C@@]21C. The van der Waals surface area contributed by atoms with Crippen LogP contribution in [0.15, 0.2) is 11.6 Å². The fraction of sp³-hybridized carbons (Fsp3) is 0.917. The van der Waals surface area contributed by atoms with E-state index in [4.69, 9.17) is 5.73 Å². The Morgan fingerprint density at radius 2 is 1.92 bits per heavy atom. The fourth-order valence-electron chi connectivity index (χ4n) is 8.44. The molecule has 0 bridgehead atoms. The number of aliphatic hydroxyl groups excluding tert-OH is 1. The summed E-state index contributed by atoms with van der Waals surface area (Å²) in [6.07, 6.45) is 14.7. The summed E-state index contributed by atoms with van der Waals surface area (Å²) in [6.45, 7) is 9.74. The van der Waals surface area contributed by atoms with Crippen LogP contribution in [-0.4, -0.2) is 16.7 Å². The number of rotatable bonds is 3. The zero-order valence-corrected chi connectivity index (χ0v) is 17.6. The average molecular weight is 360 g/mol. The van der Waals surface area contributed by atoms with Crippen LogP contribution in [0.3, 0.4) is 0 Å². The Hall–Kier alpha value is -0.340. The maximum absolute atomic E-state index is 10.2. The molecule has 4 rings (SSSR count). The molecule has 0 radical (unpaired) electrons. The molecule has 2 nitrogen and oxygen atoms in total. The summed E-state index contributed by atoms with van der Waals surface area (Å²) >= 11 is 0. The number of fused-ring (bicyclic) bond motifs is 5. The van der Waals surface area contributed by atoms with Crippen molar-refractivity contribution >= 4 is 0 Å². The molecule has 0 unspecified atom stereocenters. The maximum Gasteiger partial charge on any atom is 0.0577 e. The summed E-state index contributed by atoms with van der Waals surface area (Å²) in [4.78, 5) is 0. The molecule has 0 aromatic heterocycles. The average Bonchev–Trinajstić information content (AvgIpc) is 2.93. The van der Waals surface area contributed by atoms with Gasteiger partial charge in [-0.15, -0.1) is 0 Å². The third kappa shape index (κ3) is 2.65. The molecule has 3 fully saturated rings. The molecule has 8 atom stereocenters. The molecule has 0 amide bonds. The van der Waals surface area contributed by atoms with Crippen LogP contribution >= 0.6 is 0 Å². The number of hydrogen-bond donors (Lipinski definition) is 2. The van der Waals surface area contributed by atoms with Gasteiger partial charge in [-0.25, -0.2) is 0 Å². The predicted octanol–water partition coefficient (Wildman–Crippen LogP) is 5.44. The van der Waals surface area contributed by atoms with Crippen molar-refractivity contribution in [1.82, 2.24) is 0 Å². The highest BCUT2D eigenvalue weighted by Gasteiger charge is 2.60. The topological polar surface area (TPSA) is 46.2 Å². The molecule has 0 aromatic carbocycles. The normalized spacial score (nSPS) is 50.2. The van der Waals surface area contributed by atoms with Crippen LogP contribution in [-0.2, 0) is 0 Å². The second kappa shape index (κ2) is 6.34. The van der Waals surface area contributed by atoms with Crippen molar-refractivity contribution in [3.63, 3.8) is 0 Å². The highest BCUT2D eigenvalue weighted by Crippen LogP contribution is 2.67. The highest BCUT2D eigenvalue weighted by atomic mass is 16.3. The van der Waals surface area contributed by atoms with E-state index in [9.17, 15) is 5.11 Å². The molecular formula is C24H41NO. The molecule has 0 aliphatic heterocycles. The van der Waals surface area contributed by atoms with Gasteiger partial charge in [-0.3, -0.25) is 0 Å². The van der Waals surface area contributed by atoms with Gasteiger partial charge in [0, 0.05) is 5.54 Å². The molecule has 26 heavy (non-hydrogen) atoms. The Balaban J connectivity index is 1.62. The quantitative estimate of drug-likeness (QED) is 0.659. The standard InChI is InChI=1S/C24H41NO/c1-5-12-24(4,25)21-9-8-19-18-7-6-16-15-17(26)10-13-22(16,2)20(18)11-14-23(19,21)3/h6,17-21,26H,5,7-15,25H2,1-4H3/t17-,18-,19-,20-,21-,22-,23-,24-/m0/s1. The van der Waals surface area contributed by atoms with Gasteiger partial charge in [0.2, 0.25) is 0 Å². The zero-order chi connectivity index (χ0) is 18.7. The van der Waals surface area contributed by atoms with Crippen molar-refractivity contribution in [3.8, 4) is 0 Å². The smallest absolute Gasteiger partial charge is 0.0577 e. The molecular weight excluding hydrogens is 318 g/mol. The third-order valence-corrected chi connectivity index (χ3v) is 9.66. The summed E-state index contributed by atoms with van der Waals surface area (Å²) in [6, 6.07) is 0. The van der Waals surface area contributed by atoms with E-state index in [0.717, 1.165) is 37.0 Å². The Morgan fingerprint density at radius 1 is 1.15 bits per heavy atom. The minimum Gasteiger partial charge on any atom is -0.393 e. The molecule has 4 aliphatic rings. The van der Waals surface area contributed by atoms with E-state index < -0.39 is 0 Å². The van der Waals surface area contributed by atoms with E-state index in [1.54, 1.807) is 5.57 Å². The lowest BCUT2D eigenvalue weighted by molar-refractivity contribution is -0.0601. The Morgan fingerprint density at radius 3 is 2.65 bits per heavy atom. The first kappa shape index (κ1) is 19.0. The summed E-state index contributed by atoms with van der Waals surface area (Å²) < 4.78 is 0. The van der Waals surface area contributed by atoms with Crippen LogP contribution in [0.5, 0.6) is 0 Å². The Bertz CT molecular complexity index is 581. The van der Waals surface area contributed by atoms with Crippen LogP contribution < -0.4 is 5.73 Å². The summed E-state index contributed by atoms with van der Waals surface area (Å²) in [5.74, 6) is 3.22. The molecule has 0 heterocycles. The van der Waals surface area contributed by atoms with E-state index in [2.05, 4.69) is 33.8 Å². The molecule has 3 saturated carbocycles. The number of allylic oxidation sites excluding steroid dienone is 1. The zero-order valence-electron chi connectivity index (χ0n) is 17.6. The number of aliphatic hydroxyl groups is 1. The first-order valence-corrected chi connectivity index (χ1v) is 11.4. The minimum atomic E-state index is -0.0948. The molecule has 4 aliphatic carbocycles. The van der Waals surface area contributed by atoms with Gasteiger partial charge in [-0.1, -0.05) is 38.8 Å². The van der Waals surface area contributed by atoms with Crippen LogP contribution in [0.2, 0.25) is 0 Å². The van der Waals surface area contributed by atoms with E-state index in [1.807, 2.05) is 0 Å².